The average Bonchev–Trinajstić information content (AvgIpc) is 2.98. The molecule has 39 heavy (non-hydrogen) atoms. The van der Waals surface area contributed by atoms with Crippen molar-refractivity contribution in [1.29, 1.82) is 15.8 Å². The molecule has 1 aliphatic heterocycles. The van der Waals surface area contributed by atoms with Gasteiger partial charge in [0.1, 0.15) is 12.7 Å². The van der Waals surface area contributed by atoms with E-state index in [1.165, 1.54) is 12.0 Å². The second-order valence-corrected chi connectivity index (χ2v) is 9.38. The molecule has 9 nitrogen and oxygen atoms in total. The van der Waals surface area contributed by atoms with E-state index in [4.69, 9.17) is 19.9 Å². The molecule has 2 aromatic rings. The van der Waals surface area contributed by atoms with Gasteiger partial charge >= 0.3 is 6.09 Å². The smallest absolute Gasteiger partial charge is 0.410 e. The molecule has 0 saturated heterocycles. The number of fused-ring (bicyclic) bond motifs is 1. The maximum absolute atomic E-state index is 13.1. The van der Waals surface area contributed by atoms with Crippen molar-refractivity contribution in [2.45, 2.75) is 25.9 Å². The molecule has 2 atom stereocenters. The molecule has 1 amide bonds. The minimum atomic E-state index is -1.85. The Morgan fingerprint density at radius 3 is 2.51 bits per heavy atom. The third-order valence-electron chi connectivity index (χ3n) is 7.14. The third-order valence-corrected chi connectivity index (χ3v) is 7.14. The van der Waals surface area contributed by atoms with E-state index in [0.717, 1.165) is 12.0 Å². The lowest BCUT2D eigenvalue weighted by Gasteiger charge is -2.45. The number of hydrogen-bond donors (Lipinski definition) is 1. The fourth-order valence-corrected chi connectivity index (χ4v) is 5.23. The van der Waals surface area contributed by atoms with Crippen LogP contribution in [0.5, 0.6) is 11.5 Å². The number of allylic oxidation sites excluding steroid dienone is 2. The normalized spacial score (nSPS) is 19.5. The van der Waals surface area contributed by atoms with Crippen molar-refractivity contribution >= 4 is 6.09 Å². The van der Waals surface area contributed by atoms with Crippen molar-refractivity contribution < 1.29 is 19.0 Å². The Morgan fingerprint density at radius 2 is 1.87 bits per heavy atom. The van der Waals surface area contributed by atoms with Crippen molar-refractivity contribution in [3.63, 3.8) is 0 Å². The molecule has 1 aliphatic carbocycles. The highest BCUT2D eigenvalue weighted by molar-refractivity contribution is 5.69. The fraction of sp³-hybridized carbons (Fsp3) is 0.333. The number of ether oxygens (including phenoxy) is 3. The summed E-state index contributed by atoms with van der Waals surface area (Å²) in [5.41, 5.74) is 6.66. The highest BCUT2D eigenvalue weighted by atomic mass is 16.6. The first-order chi connectivity index (χ1) is 18.9. The minimum absolute atomic E-state index is 0.0885. The summed E-state index contributed by atoms with van der Waals surface area (Å²) in [6, 6.07) is 20.9. The van der Waals surface area contributed by atoms with Crippen LogP contribution in [0.1, 0.15) is 30.4 Å². The summed E-state index contributed by atoms with van der Waals surface area (Å²) in [5.74, 6) is -0.392. The highest BCUT2D eigenvalue weighted by Gasteiger charge is 2.55. The van der Waals surface area contributed by atoms with Gasteiger partial charge in [0.25, 0.3) is 0 Å². The zero-order chi connectivity index (χ0) is 28.0. The van der Waals surface area contributed by atoms with Gasteiger partial charge in [-0.3, -0.25) is 0 Å². The van der Waals surface area contributed by atoms with E-state index < -0.39 is 23.3 Å². The van der Waals surface area contributed by atoms with Gasteiger partial charge in [-0.2, -0.15) is 15.8 Å². The molecular formula is C30H29N5O4. The van der Waals surface area contributed by atoms with Gasteiger partial charge in [-0.05, 0) is 35.3 Å². The standard InChI is InChI=1S/C30H29N5O4/c1-3-13-38-26-14-21(9-10-25(26)37-2)27-24-16-35(29(36)39-17-20-7-5-4-6-8-20)12-11-22(24)23(15-31)28(34)30(27,18-32)19-33/h4-11,14,24,27H,3,12-13,16-17,34H2,1-2H3/t24-,27-/m1/s1. The van der Waals surface area contributed by atoms with Crippen LogP contribution in [0.4, 0.5) is 4.79 Å². The Balaban J connectivity index is 1.77. The summed E-state index contributed by atoms with van der Waals surface area (Å²) < 4.78 is 16.9. The molecule has 0 aromatic heterocycles. The Labute approximate surface area is 227 Å². The predicted octanol–water partition coefficient (Wildman–Crippen LogP) is 4.55. The van der Waals surface area contributed by atoms with E-state index in [2.05, 4.69) is 18.2 Å². The van der Waals surface area contributed by atoms with Gasteiger partial charge in [-0.1, -0.05) is 49.4 Å². The van der Waals surface area contributed by atoms with E-state index in [9.17, 15) is 20.6 Å². The number of carbonyl (C=O) groups is 1. The minimum Gasteiger partial charge on any atom is -0.493 e. The highest BCUT2D eigenvalue weighted by Crippen LogP contribution is 2.55. The Bertz CT molecular complexity index is 1410. The Kier molecular flexibility index (Phi) is 8.08. The number of rotatable bonds is 7. The number of benzene rings is 2. The van der Waals surface area contributed by atoms with Crippen molar-refractivity contribution in [3.05, 3.63) is 82.6 Å². The van der Waals surface area contributed by atoms with Crippen LogP contribution in [-0.4, -0.2) is 37.8 Å². The zero-order valence-corrected chi connectivity index (χ0v) is 21.9. The van der Waals surface area contributed by atoms with Gasteiger partial charge < -0.3 is 24.8 Å². The first kappa shape index (κ1) is 27.1. The van der Waals surface area contributed by atoms with Gasteiger partial charge in [0.2, 0.25) is 0 Å². The lowest BCUT2D eigenvalue weighted by Crippen LogP contribution is -2.49. The molecule has 4 rings (SSSR count). The molecule has 0 bridgehead atoms. The molecule has 0 spiro atoms. The molecule has 2 aliphatic rings. The number of nitrogens with two attached hydrogens (primary N) is 1. The van der Waals surface area contributed by atoms with Crippen LogP contribution >= 0.6 is 0 Å². The van der Waals surface area contributed by atoms with Gasteiger partial charge in [0, 0.05) is 24.9 Å². The van der Waals surface area contributed by atoms with Crippen LogP contribution in [0.2, 0.25) is 0 Å². The largest absolute Gasteiger partial charge is 0.493 e. The number of nitriles is 3. The number of carbonyl (C=O) groups excluding carboxylic acids is 1. The van der Waals surface area contributed by atoms with Crippen LogP contribution in [0.3, 0.4) is 0 Å². The van der Waals surface area contributed by atoms with E-state index in [1.54, 1.807) is 24.3 Å². The monoisotopic (exact) mass is 523 g/mol. The lowest BCUT2D eigenvalue weighted by atomic mass is 9.58. The number of hydrogen-bond acceptors (Lipinski definition) is 8. The van der Waals surface area contributed by atoms with Crippen LogP contribution in [-0.2, 0) is 11.3 Å². The van der Waals surface area contributed by atoms with Crippen LogP contribution in [0, 0.1) is 45.3 Å². The second-order valence-electron chi connectivity index (χ2n) is 9.38. The molecular weight excluding hydrogens is 494 g/mol. The molecule has 2 aromatic carbocycles. The first-order valence-electron chi connectivity index (χ1n) is 12.6. The van der Waals surface area contributed by atoms with Crippen LogP contribution in [0.15, 0.2) is 71.5 Å². The maximum atomic E-state index is 13.1. The molecule has 9 heteroatoms. The molecule has 0 radical (unpaired) electrons. The summed E-state index contributed by atoms with van der Waals surface area (Å²) in [4.78, 5) is 14.6. The Hall–Kier alpha value is -4.94. The van der Waals surface area contributed by atoms with Gasteiger partial charge in [0.05, 0.1) is 37.1 Å². The molecule has 1 heterocycles. The quantitative estimate of drug-likeness (QED) is 0.556. The van der Waals surface area contributed by atoms with Crippen molar-refractivity contribution in [2.24, 2.45) is 17.1 Å². The summed E-state index contributed by atoms with van der Waals surface area (Å²) in [5, 5.41) is 30.7. The fourth-order valence-electron chi connectivity index (χ4n) is 5.23. The zero-order valence-electron chi connectivity index (χ0n) is 21.9. The molecule has 0 unspecified atom stereocenters. The van der Waals surface area contributed by atoms with Crippen LogP contribution < -0.4 is 15.2 Å². The number of nitrogens with zero attached hydrogens (tertiary/aromatic N) is 4. The van der Waals surface area contributed by atoms with Crippen molar-refractivity contribution in [3.8, 4) is 29.7 Å². The summed E-state index contributed by atoms with van der Waals surface area (Å²) in [6.07, 6.45) is 2.00. The topological polar surface area (TPSA) is 145 Å². The first-order valence-corrected chi connectivity index (χ1v) is 12.6. The predicted molar refractivity (Wildman–Crippen MR) is 142 cm³/mol. The summed E-state index contributed by atoms with van der Waals surface area (Å²) >= 11 is 0. The second kappa shape index (κ2) is 11.6. The van der Waals surface area contributed by atoms with Crippen molar-refractivity contribution in [2.75, 3.05) is 26.8 Å². The van der Waals surface area contributed by atoms with Gasteiger partial charge in [-0.15, -0.1) is 0 Å². The van der Waals surface area contributed by atoms with Gasteiger partial charge in [-0.25, -0.2) is 4.79 Å². The van der Waals surface area contributed by atoms with E-state index in [-0.39, 0.29) is 31.0 Å². The maximum Gasteiger partial charge on any atom is 0.410 e. The molecule has 2 N–H and O–H groups in total. The van der Waals surface area contributed by atoms with E-state index >= 15 is 0 Å². The van der Waals surface area contributed by atoms with Crippen LogP contribution in [0.25, 0.3) is 0 Å². The summed E-state index contributed by atoms with van der Waals surface area (Å²) in [6.45, 7) is 2.86. The van der Waals surface area contributed by atoms with E-state index in [1.807, 2.05) is 37.3 Å². The lowest BCUT2D eigenvalue weighted by molar-refractivity contribution is 0.0898. The number of methoxy groups -OCH3 is 1. The Morgan fingerprint density at radius 1 is 1.13 bits per heavy atom. The van der Waals surface area contributed by atoms with Gasteiger partial charge in [0.15, 0.2) is 16.9 Å². The third kappa shape index (κ3) is 4.98. The molecule has 0 fully saturated rings. The summed E-state index contributed by atoms with van der Waals surface area (Å²) in [7, 11) is 1.53. The van der Waals surface area contributed by atoms with Crippen molar-refractivity contribution in [1.82, 2.24) is 4.90 Å². The SMILES string of the molecule is CCCOc1cc([C@@H]2[C@@H]3CN(C(=O)OCc4ccccc4)CC=C3C(C#N)=C(N)C2(C#N)C#N)ccc1OC. The molecule has 0 saturated carbocycles. The number of amides is 1. The average molecular weight is 524 g/mol. The molecule has 198 valence electrons. The van der Waals surface area contributed by atoms with E-state index in [0.29, 0.717) is 29.2 Å².